The number of hydrogen-bond acceptors (Lipinski definition) is 5. The van der Waals surface area contributed by atoms with Gasteiger partial charge in [-0.2, -0.15) is 0 Å². The van der Waals surface area contributed by atoms with Crippen molar-refractivity contribution in [2.75, 3.05) is 40.3 Å². The third-order valence-electron chi connectivity index (χ3n) is 4.09. The Labute approximate surface area is 120 Å². The Morgan fingerprint density at radius 3 is 2.80 bits per heavy atom. The summed E-state index contributed by atoms with van der Waals surface area (Å²) in [5.41, 5.74) is 7.10. The molecular formula is C15H25N3O2. The van der Waals surface area contributed by atoms with Crippen molar-refractivity contribution in [1.82, 2.24) is 9.80 Å². The molecule has 2 atom stereocenters. The molecule has 0 aliphatic carbocycles. The topological polar surface area (TPSA) is 62.0 Å². The molecule has 1 aliphatic rings. The highest BCUT2D eigenvalue weighted by molar-refractivity contribution is 5.42. The Balaban J connectivity index is 2.23. The number of hydrogen-bond donors (Lipinski definition) is 2. The van der Waals surface area contributed by atoms with Gasteiger partial charge in [-0.1, -0.05) is 6.07 Å². The van der Waals surface area contributed by atoms with Gasteiger partial charge in [0.15, 0.2) is 11.5 Å². The first-order valence-electron chi connectivity index (χ1n) is 7.08. The standard InChI is InChI=1S/C15H25N3O2/c1-11-10-17(2)6-7-18(11)13(9-16)12-4-5-14(19)15(8-12)20-3/h4-5,8,11,13,19H,6-7,9-10,16H2,1-3H3. The maximum absolute atomic E-state index is 9.71. The largest absolute Gasteiger partial charge is 0.504 e. The van der Waals surface area contributed by atoms with Crippen molar-refractivity contribution >= 4 is 0 Å². The lowest BCUT2D eigenvalue weighted by Gasteiger charge is -2.42. The van der Waals surface area contributed by atoms with Crippen LogP contribution in [0.1, 0.15) is 18.5 Å². The van der Waals surface area contributed by atoms with E-state index >= 15 is 0 Å². The van der Waals surface area contributed by atoms with Crippen LogP contribution in [0.2, 0.25) is 0 Å². The summed E-state index contributed by atoms with van der Waals surface area (Å²) in [4.78, 5) is 4.78. The van der Waals surface area contributed by atoms with Gasteiger partial charge in [-0.3, -0.25) is 4.90 Å². The maximum Gasteiger partial charge on any atom is 0.160 e. The number of nitrogens with zero attached hydrogens (tertiary/aromatic N) is 2. The van der Waals surface area contributed by atoms with Gasteiger partial charge in [0.25, 0.3) is 0 Å². The van der Waals surface area contributed by atoms with Gasteiger partial charge in [-0.05, 0) is 31.7 Å². The van der Waals surface area contributed by atoms with E-state index in [1.807, 2.05) is 12.1 Å². The Morgan fingerprint density at radius 1 is 1.45 bits per heavy atom. The minimum absolute atomic E-state index is 0.160. The molecule has 5 heteroatoms. The van der Waals surface area contributed by atoms with E-state index in [-0.39, 0.29) is 11.8 Å². The normalized spacial score (nSPS) is 22.7. The lowest BCUT2D eigenvalue weighted by atomic mass is 10.0. The molecule has 0 spiro atoms. The molecule has 20 heavy (non-hydrogen) atoms. The Morgan fingerprint density at radius 2 is 2.20 bits per heavy atom. The maximum atomic E-state index is 9.71. The Hall–Kier alpha value is -1.30. The van der Waals surface area contributed by atoms with Gasteiger partial charge < -0.3 is 20.5 Å². The number of nitrogens with two attached hydrogens (primary N) is 1. The van der Waals surface area contributed by atoms with Crippen LogP contribution in [0.15, 0.2) is 18.2 Å². The van der Waals surface area contributed by atoms with Crippen molar-refractivity contribution in [3.8, 4) is 11.5 Å². The molecule has 0 saturated carbocycles. The quantitative estimate of drug-likeness (QED) is 0.862. The molecule has 5 nitrogen and oxygen atoms in total. The minimum atomic E-state index is 0.160. The van der Waals surface area contributed by atoms with Crippen LogP contribution < -0.4 is 10.5 Å². The molecule has 1 heterocycles. The predicted molar refractivity (Wildman–Crippen MR) is 80.1 cm³/mol. The number of methoxy groups -OCH3 is 1. The molecule has 112 valence electrons. The van der Waals surface area contributed by atoms with Crippen LogP contribution in [0.4, 0.5) is 0 Å². The predicted octanol–water partition coefficient (Wildman–Crippen LogP) is 1.04. The number of aromatic hydroxyl groups is 1. The third kappa shape index (κ3) is 3.06. The highest BCUT2D eigenvalue weighted by atomic mass is 16.5. The van der Waals surface area contributed by atoms with Gasteiger partial charge in [-0.15, -0.1) is 0 Å². The molecule has 0 aromatic heterocycles. The summed E-state index contributed by atoms with van der Waals surface area (Å²) in [6, 6.07) is 6.12. The molecule has 0 amide bonds. The van der Waals surface area contributed by atoms with E-state index in [0.717, 1.165) is 25.2 Å². The zero-order chi connectivity index (χ0) is 14.7. The van der Waals surface area contributed by atoms with E-state index in [2.05, 4.69) is 23.8 Å². The number of phenolic OH excluding ortho intramolecular Hbond substituents is 1. The van der Waals surface area contributed by atoms with Crippen LogP contribution >= 0.6 is 0 Å². The number of ether oxygens (including phenoxy) is 1. The van der Waals surface area contributed by atoms with Crippen LogP contribution in [0.5, 0.6) is 11.5 Å². The van der Waals surface area contributed by atoms with E-state index < -0.39 is 0 Å². The minimum Gasteiger partial charge on any atom is -0.504 e. The van der Waals surface area contributed by atoms with Crippen LogP contribution in [-0.4, -0.2) is 61.3 Å². The number of piperazine rings is 1. The molecule has 1 saturated heterocycles. The number of phenols is 1. The average molecular weight is 279 g/mol. The summed E-state index contributed by atoms with van der Waals surface area (Å²) in [5.74, 6) is 0.668. The fourth-order valence-corrected chi connectivity index (χ4v) is 2.98. The fraction of sp³-hybridized carbons (Fsp3) is 0.600. The van der Waals surface area contributed by atoms with Crippen molar-refractivity contribution in [1.29, 1.82) is 0 Å². The molecule has 1 aromatic rings. The van der Waals surface area contributed by atoms with Crippen LogP contribution in [0, 0.1) is 0 Å². The van der Waals surface area contributed by atoms with Crippen LogP contribution in [0.25, 0.3) is 0 Å². The van der Waals surface area contributed by atoms with Crippen molar-refractivity contribution in [3.63, 3.8) is 0 Å². The van der Waals surface area contributed by atoms with Gasteiger partial charge in [0.2, 0.25) is 0 Å². The number of benzene rings is 1. The molecule has 1 aromatic carbocycles. The monoisotopic (exact) mass is 279 g/mol. The van der Waals surface area contributed by atoms with Crippen LogP contribution in [-0.2, 0) is 0 Å². The van der Waals surface area contributed by atoms with Crippen molar-refractivity contribution in [2.24, 2.45) is 5.73 Å². The van der Waals surface area contributed by atoms with Gasteiger partial charge in [0.1, 0.15) is 0 Å². The smallest absolute Gasteiger partial charge is 0.160 e. The molecule has 3 N–H and O–H groups in total. The molecular weight excluding hydrogens is 254 g/mol. The summed E-state index contributed by atoms with van der Waals surface area (Å²) < 4.78 is 5.19. The van der Waals surface area contributed by atoms with Gasteiger partial charge in [0.05, 0.1) is 7.11 Å². The summed E-state index contributed by atoms with van der Waals surface area (Å²) in [7, 11) is 3.71. The third-order valence-corrected chi connectivity index (χ3v) is 4.09. The zero-order valence-electron chi connectivity index (χ0n) is 12.5. The van der Waals surface area contributed by atoms with E-state index in [4.69, 9.17) is 10.5 Å². The summed E-state index contributed by atoms with van der Waals surface area (Å²) in [5, 5.41) is 9.71. The zero-order valence-corrected chi connectivity index (χ0v) is 12.5. The SMILES string of the molecule is COc1cc(C(CN)N2CCN(C)CC2C)ccc1O. The van der Waals surface area contributed by atoms with Crippen LogP contribution in [0.3, 0.4) is 0 Å². The van der Waals surface area contributed by atoms with Gasteiger partial charge in [0, 0.05) is 38.3 Å². The van der Waals surface area contributed by atoms with E-state index in [0.29, 0.717) is 18.3 Å². The van der Waals surface area contributed by atoms with E-state index in [9.17, 15) is 5.11 Å². The molecule has 1 aliphatic heterocycles. The number of rotatable bonds is 4. The second-order valence-electron chi connectivity index (χ2n) is 5.53. The first-order chi connectivity index (χ1) is 9.56. The second kappa shape index (κ2) is 6.43. The van der Waals surface area contributed by atoms with Crippen molar-refractivity contribution in [3.05, 3.63) is 23.8 Å². The fourth-order valence-electron chi connectivity index (χ4n) is 2.98. The first kappa shape index (κ1) is 15.1. The van der Waals surface area contributed by atoms with Gasteiger partial charge in [-0.25, -0.2) is 0 Å². The second-order valence-corrected chi connectivity index (χ2v) is 5.53. The number of likely N-dealkylation sites (N-methyl/N-ethyl adjacent to an activating group) is 1. The average Bonchev–Trinajstić information content (AvgIpc) is 2.43. The van der Waals surface area contributed by atoms with Gasteiger partial charge >= 0.3 is 0 Å². The molecule has 2 rings (SSSR count). The Kier molecular flexibility index (Phi) is 4.86. The summed E-state index contributed by atoms with van der Waals surface area (Å²) >= 11 is 0. The summed E-state index contributed by atoms with van der Waals surface area (Å²) in [6.07, 6.45) is 0. The van der Waals surface area contributed by atoms with Crippen molar-refractivity contribution in [2.45, 2.75) is 19.0 Å². The molecule has 0 bridgehead atoms. The highest BCUT2D eigenvalue weighted by Gasteiger charge is 2.28. The first-order valence-corrected chi connectivity index (χ1v) is 7.08. The Bertz CT molecular complexity index is 453. The van der Waals surface area contributed by atoms with E-state index in [1.54, 1.807) is 13.2 Å². The summed E-state index contributed by atoms with van der Waals surface area (Å²) in [6.45, 7) is 5.89. The molecule has 1 fully saturated rings. The lowest BCUT2D eigenvalue weighted by Crippen LogP contribution is -2.52. The lowest BCUT2D eigenvalue weighted by molar-refractivity contribution is 0.0634. The molecule has 0 radical (unpaired) electrons. The van der Waals surface area contributed by atoms with E-state index in [1.165, 1.54) is 0 Å². The molecule has 2 unspecified atom stereocenters. The highest BCUT2D eigenvalue weighted by Crippen LogP contribution is 2.32. The van der Waals surface area contributed by atoms with Crippen molar-refractivity contribution < 1.29 is 9.84 Å².